The molecule has 0 bridgehead atoms. The quantitative estimate of drug-likeness (QED) is 0.875. The second-order valence-electron chi connectivity index (χ2n) is 4.98. The molecule has 6 nitrogen and oxygen atoms in total. The fourth-order valence-corrected chi connectivity index (χ4v) is 2.58. The number of aliphatic carboxylic acids is 1. The van der Waals surface area contributed by atoms with Crippen LogP contribution >= 0.6 is 0 Å². The van der Waals surface area contributed by atoms with E-state index in [1.54, 1.807) is 6.92 Å². The average molecular weight is 253 g/mol. The molecule has 0 saturated carbocycles. The summed E-state index contributed by atoms with van der Waals surface area (Å²) in [5.74, 6) is 0.478. The molecule has 18 heavy (non-hydrogen) atoms. The van der Waals surface area contributed by atoms with Gasteiger partial charge >= 0.3 is 5.97 Å². The van der Waals surface area contributed by atoms with Gasteiger partial charge in [0.15, 0.2) is 5.82 Å². The summed E-state index contributed by atoms with van der Waals surface area (Å²) in [6.45, 7) is 5.71. The van der Waals surface area contributed by atoms with Crippen molar-refractivity contribution in [2.24, 2.45) is 5.41 Å². The standard InChI is InChI=1S/C12H19N3O3/c1-3-12(11(16)17)5-4-6-15(8-12)7-10-13-9(2)18-14-10/h3-8H2,1-2H3,(H,16,17). The van der Waals surface area contributed by atoms with E-state index in [1.165, 1.54) is 0 Å². The lowest BCUT2D eigenvalue weighted by atomic mass is 9.77. The highest BCUT2D eigenvalue weighted by molar-refractivity contribution is 5.75. The third kappa shape index (κ3) is 2.53. The number of carboxylic acids is 1. The predicted octanol–water partition coefficient (Wildman–Crippen LogP) is 1.45. The number of nitrogens with zero attached hydrogens (tertiary/aromatic N) is 3. The Morgan fingerprint density at radius 2 is 2.39 bits per heavy atom. The lowest BCUT2D eigenvalue weighted by molar-refractivity contribution is -0.153. The molecular formula is C12H19N3O3. The van der Waals surface area contributed by atoms with Crippen LogP contribution in [0.4, 0.5) is 0 Å². The lowest BCUT2D eigenvalue weighted by Crippen LogP contribution is -2.47. The Balaban J connectivity index is 2.04. The molecule has 1 aliphatic rings. The van der Waals surface area contributed by atoms with Gasteiger partial charge in [0.2, 0.25) is 5.89 Å². The zero-order valence-electron chi connectivity index (χ0n) is 10.8. The molecule has 1 unspecified atom stereocenters. The van der Waals surface area contributed by atoms with Crippen molar-refractivity contribution in [3.8, 4) is 0 Å². The Morgan fingerprint density at radius 3 is 2.94 bits per heavy atom. The third-order valence-corrected chi connectivity index (χ3v) is 3.72. The zero-order valence-corrected chi connectivity index (χ0v) is 10.8. The monoisotopic (exact) mass is 253 g/mol. The highest BCUT2D eigenvalue weighted by Gasteiger charge is 2.40. The van der Waals surface area contributed by atoms with Crippen molar-refractivity contribution in [3.63, 3.8) is 0 Å². The Bertz CT molecular complexity index is 432. The molecule has 1 saturated heterocycles. The van der Waals surface area contributed by atoms with Crippen LogP contribution in [0, 0.1) is 12.3 Å². The molecule has 0 radical (unpaired) electrons. The number of rotatable bonds is 4. The van der Waals surface area contributed by atoms with Gasteiger partial charge in [0.25, 0.3) is 0 Å². The molecule has 0 aliphatic carbocycles. The molecule has 0 aromatic carbocycles. The topological polar surface area (TPSA) is 79.5 Å². The van der Waals surface area contributed by atoms with E-state index in [1.807, 2.05) is 6.92 Å². The van der Waals surface area contributed by atoms with E-state index >= 15 is 0 Å². The van der Waals surface area contributed by atoms with Crippen LogP contribution in [0.25, 0.3) is 0 Å². The van der Waals surface area contributed by atoms with E-state index in [0.717, 1.165) is 19.4 Å². The van der Waals surface area contributed by atoms with Crippen LogP contribution in [0.3, 0.4) is 0 Å². The van der Waals surface area contributed by atoms with Crippen molar-refractivity contribution in [1.29, 1.82) is 0 Å². The molecule has 2 heterocycles. The SMILES string of the molecule is CCC1(C(=O)O)CCCN(Cc2noc(C)n2)C1. The van der Waals surface area contributed by atoms with Crippen LogP contribution in [-0.2, 0) is 11.3 Å². The van der Waals surface area contributed by atoms with Crippen LogP contribution < -0.4 is 0 Å². The first-order valence-corrected chi connectivity index (χ1v) is 6.31. The number of aromatic nitrogens is 2. The minimum absolute atomic E-state index is 0.544. The minimum Gasteiger partial charge on any atom is -0.481 e. The molecule has 2 rings (SSSR count). The smallest absolute Gasteiger partial charge is 0.310 e. The van der Waals surface area contributed by atoms with Crippen LogP contribution in [0.1, 0.15) is 37.9 Å². The van der Waals surface area contributed by atoms with Gasteiger partial charge in [-0.15, -0.1) is 0 Å². The maximum absolute atomic E-state index is 11.4. The number of hydrogen-bond donors (Lipinski definition) is 1. The molecule has 1 atom stereocenters. The second kappa shape index (κ2) is 5.06. The van der Waals surface area contributed by atoms with Crippen LogP contribution in [-0.4, -0.2) is 39.2 Å². The zero-order chi connectivity index (χ0) is 13.2. The number of aryl methyl sites for hydroxylation is 1. The summed E-state index contributed by atoms with van der Waals surface area (Å²) in [5.41, 5.74) is -0.614. The van der Waals surface area contributed by atoms with E-state index in [-0.39, 0.29) is 0 Å². The van der Waals surface area contributed by atoms with Gasteiger partial charge < -0.3 is 9.63 Å². The predicted molar refractivity (Wildman–Crippen MR) is 63.9 cm³/mol. The van der Waals surface area contributed by atoms with Crippen LogP contribution in [0.2, 0.25) is 0 Å². The maximum atomic E-state index is 11.4. The van der Waals surface area contributed by atoms with Crippen molar-refractivity contribution < 1.29 is 14.4 Å². The van der Waals surface area contributed by atoms with E-state index in [0.29, 0.717) is 31.2 Å². The summed E-state index contributed by atoms with van der Waals surface area (Å²) in [6, 6.07) is 0. The van der Waals surface area contributed by atoms with Gasteiger partial charge in [-0.3, -0.25) is 9.69 Å². The summed E-state index contributed by atoms with van der Waals surface area (Å²) in [7, 11) is 0. The number of piperidine rings is 1. The molecule has 6 heteroatoms. The average Bonchev–Trinajstić information content (AvgIpc) is 2.74. The summed E-state index contributed by atoms with van der Waals surface area (Å²) < 4.78 is 4.93. The Labute approximate surface area is 106 Å². The molecule has 0 amide bonds. The molecule has 1 aromatic rings. The Hall–Kier alpha value is -1.43. The number of likely N-dealkylation sites (tertiary alicyclic amines) is 1. The summed E-state index contributed by atoms with van der Waals surface area (Å²) in [6.07, 6.45) is 2.31. The van der Waals surface area contributed by atoms with E-state index in [2.05, 4.69) is 15.0 Å². The minimum atomic E-state index is -0.695. The van der Waals surface area contributed by atoms with Gasteiger partial charge in [0, 0.05) is 13.5 Å². The second-order valence-corrected chi connectivity index (χ2v) is 4.98. The van der Waals surface area contributed by atoms with Gasteiger partial charge in [-0.25, -0.2) is 0 Å². The summed E-state index contributed by atoms with van der Waals surface area (Å²) in [5, 5.41) is 13.3. The summed E-state index contributed by atoms with van der Waals surface area (Å²) in [4.78, 5) is 17.7. The van der Waals surface area contributed by atoms with Gasteiger partial charge in [0.05, 0.1) is 12.0 Å². The van der Waals surface area contributed by atoms with Crippen LogP contribution in [0.5, 0.6) is 0 Å². The van der Waals surface area contributed by atoms with E-state index in [9.17, 15) is 9.90 Å². The number of carbonyl (C=O) groups is 1. The van der Waals surface area contributed by atoms with Gasteiger partial charge in [-0.2, -0.15) is 4.98 Å². The fourth-order valence-electron chi connectivity index (χ4n) is 2.58. The van der Waals surface area contributed by atoms with E-state index < -0.39 is 11.4 Å². The third-order valence-electron chi connectivity index (χ3n) is 3.72. The van der Waals surface area contributed by atoms with Gasteiger partial charge in [0.1, 0.15) is 0 Å². The molecular weight excluding hydrogens is 234 g/mol. The van der Waals surface area contributed by atoms with Crippen molar-refractivity contribution in [1.82, 2.24) is 15.0 Å². The van der Waals surface area contributed by atoms with Crippen molar-refractivity contribution >= 4 is 5.97 Å². The highest BCUT2D eigenvalue weighted by Crippen LogP contribution is 2.34. The Morgan fingerprint density at radius 1 is 1.61 bits per heavy atom. The number of carboxylic acid groups (broad SMARTS) is 1. The summed E-state index contributed by atoms with van der Waals surface area (Å²) >= 11 is 0. The first-order valence-electron chi connectivity index (χ1n) is 6.31. The van der Waals surface area contributed by atoms with E-state index in [4.69, 9.17) is 4.52 Å². The largest absolute Gasteiger partial charge is 0.481 e. The van der Waals surface area contributed by atoms with Crippen molar-refractivity contribution in [2.45, 2.75) is 39.7 Å². The van der Waals surface area contributed by atoms with Gasteiger partial charge in [-0.1, -0.05) is 12.1 Å². The maximum Gasteiger partial charge on any atom is 0.310 e. The van der Waals surface area contributed by atoms with Crippen LogP contribution in [0.15, 0.2) is 4.52 Å². The lowest BCUT2D eigenvalue weighted by Gasteiger charge is -2.38. The van der Waals surface area contributed by atoms with Gasteiger partial charge in [-0.05, 0) is 25.8 Å². The van der Waals surface area contributed by atoms with Crippen molar-refractivity contribution in [2.75, 3.05) is 13.1 Å². The molecule has 0 spiro atoms. The first-order chi connectivity index (χ1) is 8.55. The number of hydrogen-bond acceptors (Lipinski definition) is 5. The molecule has 1 N–H and O–H groups in total. The molecule has 1 fully saturated rings. The highest BCUT2D eigenvalue weighted by atomic mass is 16.5. The van der Waals surface area contributed by atoms with Crippen molar-refractivity contribution in [3.05, 3.63) is 11.7 Å². The fraction of sp³-hybridized carbons (Fsp3) is 0.750. The molecule has 1 aromatic heterocycles. The molecule has 100 valence electrons. The Kier molecular flexibility index (Phi) is 3.65. The molecule has 1 aliphatic heterocycles. The first kappa shape index (κ1) is 13.0. The normalized spacial score (nSPS) is 25.2.